The van der Waals surface area contributed by atoms with Gasteiger partial charge in [0.2, 0.25) is 0 Å². The third-order valence-electron chi connectivity index (χ3n) is 4.42. The standard InChI is InChI=1S/C15H32N2O/c1-4-17(10-7-11-18-5-2)15(13-16)9-6-8-14(3)12-15/h14H,4-13,16H2,1-3H3. The first-order chi connectivity index (χ1) is 8.68. The molecule has 1 aliphatic carbocycles. The molecule has 0 spiro atoms. The molecule has 0 aromatic rings. The van der Waals surface area contributed by atoms with Crippen molar-refractivity contribution in [3.8, 4) is 0 Å². The molecule has 2 unspecified atom stereocenters. The summed E-state index contributed by atoms with van der Waals surface area (Å²) in [5, 5.41) is 0. The van der Waals surface area contributed by atoms with E-state index in [0.717, 1.165) is 45.2 Å². The molecular weight excluding hydrogens is 224 g/mol. The summed E-state index contributed by atoms with van der Waals surface area (Å²) >= 11 is 0. The normalized spacial score (nSPS) is 28.8. The third-order valence-corrected chi connectivity index (χ3v) is 4.42. The lowest BCUT2D eigenvalue weighted by atomic mass is 9.75. The van der Waals surface area contributed by atoms with Crippen molar-refractivity contribution in [1.29, 1.82) is 0 Å². The van der Waals surface area contributed by atoms with E-state index < -0.39 is 0 Å². The number of nitrogens with two attached hydrogens (primary N) is 1. The van der Waals surface area contributed by atoms with Gasteiger partial charge in [0.25, 0.3) is 0 Å². The van der Waals surface area contributed by atoms with Gasteiger partial charge in [-0.1, -0.05) is 26.7 Å². The average Bonchev–Trinajstić information content (AvgIpc) is 2.38. The van der Waals surface area contributed by atoms with Gasteiger partial charge >= 0.3 is 0 Å². The molecule has 0 amide bonds. The van der Waals surface area contributed by atoms with Crippen molar-refractivity contribution < 1.29 is 4.74 Å². The number of rotatable bonds is 8. The van der Waals surface area contributed by atoms with Crippen molar-refractivity contribution in [3.05, 3.63) is 0 Å². The minimum absolute atomic E-state index is 0.263. The second-order valence-electron chi connectivity index (χ2n) is 5.76. The molecule has 0 radical (unpaired) electrons. The van der Waals surface area contributed by atoms with Crippen molar-refractivity contribution in [2.24, 2.45) is 11.7 Å². The maximum absolute atomic E-state index is 6.13. The summed E-state index contributed by atoms with van der Waals surface area (Å²) in [5.41, 5.74) is 6.40. The zero-order valence-electron chi connectivity index (χ0n) is 12.6. The van der Waals surface area contributed by atoms with Crippen molar-refractivity contribution in [3.63, 3.8) is 0 Å². The lowest BCUT2D eigenvalue weighted by molar-refractivity contribution is 0.0338. The summed E-state index contributed by atoms with van der Waals surface area (Å²) in [7, 11) is 0. The van der Waals surface area contributed by atoms with Gasteiger partial charge in [-0.25, -0.2) is 0 Å². The highest BCUT2D eigenvalue weighted by atomic mass is 16.5. The van der Waals surface area contributed by atoms with Gasteiger partial charge in [0.15, 0.2) is 0 Å². The van der Waals surface area contributed by atoms with Gasteiger partial charge in [0.1, 0.15) is 0 Å². The van der Waals surface area contributed by atoms with Gasteiger partial charge in [-0.2, -0.15) is 0 Å². The van der Waals surface area contributed by atoms with Gasteiger partial charge < -0.3 is 10.5 Å². The van der Waals surface area contributed by atoms with Crippen LogP contribution in [-0.4, -0.2) is 43.3 Å². The highest BCUT2D eigenvalue weighted by Gasteiger charge is 2.37. The fourth-order valence-corrected chi connectivity index (χ4v) is 3.47. The van der Waals surface area contributed by atoms with Crippen LogP contribution >= 0.6 is 0 Å². The summed E-state index contributed by atoms with van der Waals surface area (Å²) < 4.78 is 5.45. The molecule has 3 nitrogen and oxygen atoms in total. The highest BCUT2D eigenvalue weighted by Crippen LogP contribution is 2.36. The Morgan fingerprint density at radius 1 is 1.39 bits per heavy atom. The van der Waals surface area contributed by atoms with Crippen molar-refractivity contribution in [2.45, 2.75) is 58.4 Å². The Hall–Kier alpha value is -0.120. The predicted molar refractivity (Wildman–Crippen MR) is 77.8 cm³/mol. The monoisotopic (exact) mass is 256 g/mol. The molecule has 0 heterocycles. The first-order valence-electron chi connectivity index (χ1n) is 7.71. The minimum atomic E-state index is 0.263. The molecule has 0 aromatic carbocycles. The van der Waals surface area contributed by atoms with E-state index in [1.165, 1.54) is 25.7 Å². The Morgan fingerprint density at radius 2 is 2.17 bits per heavy atom. The van der Waals surface area contributed by atoms with Crippen LogP contribution in [0.25, 0.3) is 0 Å². The van der Waals surface area contributed by atoms with E-state index in [4.69, 9.17) is 10.5 Å². The van der Waals surface area contributed by atoms with E-state index in [2.05, 4.69) is 25.7 Å². The summed E-state index contributed by atoms with van der Waals surface area (Å²) in [4.78, 5) is 2.61. The largest absolute Gasteiger partial charge is 0.382 e. The van der Waals surface area contributed by atoms with E-state index in [1.807, 2.05) is 0 Å². The highest BCUT2D eigenvalue weighted by molar-refractivity contribution is 4.95. The molecule has 1 saturated carbocycles. The van der Waals surface area contributed by atoms with Crippen LogP contribution in [0.1, 0.15) is 52.9 Å². The Morgan fingerprint density at radius 3 is 2.72 bits per heavy atom. The van der Waals surface area contributed by atoms with E-state index >= 15 is 0 Å². The quantitative estimate of drug-likeness (QED) is 0.679. The second kappa shape index (κ2) is 8.13. The zero-order chi connectivity index (χ0) is 13.4. The Kier molecular flexibility index (Phi) is 7.20. The van der Waals surface area contributed by atoms with Crippen LogP contribution in [0.2, 0.25) is 0 Å². The number of likely N-dealkylation sites (N-methyl/N-ethyl adjacent to an activating group) is 1. The van der Waals surface area contributed by atoms with Crippen molar-refractivity contribution in [2.75, 3.05) is 32.8 Å². The summed E-state index contributed by atoms with van der Waals surface area (Å²) in [6.07, 6.45) is 6.37. The molecule has 1 rings (SSSR count). The fourth-order valence-electron chi connectivity index (χ4n) is 3.47. The topological polar surface area (TPSA) is 38.5 Å². The van der Waals surface area contributed by atoms with Crippen molar-refractivity contribution in [1.82, 2.24) is 4.90 Å². The summed E-state index contributed by atoms with van der Waals surface area (Å²) in [6.45, 7) is 11.4. The van der Waals surface area contributed by atoms with E-state index in [-0.39, 0.29) is 5.54 Å². The molecular formula is C15H32N2O. The lowest BCUT2D eigenvalue weighted by Crippen LogP contribution is -2.56. The van der Waals surface area contributed by atoms with Crippen LogP contribution in [0.15, 0.2) is 0 Å². The number of hydrogen-bond donors (Lipinski definition) is 1. The first-order valence-corrected chi connectivity index (χ1v) is 7.71. The van der Waals surface area contributed by atoms with Gasteiger partial charge in [0, 0.05) is 31.8 Å². The molecule has 1 aliphatic rings. The van der Waals surface area contributed by atoms with Crippen LogP contribution in [-0.2, 0) is 4.74 Å². The molecule has 108 valence electrons. The molecule has 2 N–H and O–H groups in total. The number of hydrogen-bond acceptors (Lipinski definition) is 3. The van der Waals surface area contributed by atoms with E-state index in [9.17, 15) is 0 Å². The predicted octanol–water partition coefficient (Wildman–Crippen LogP) is 2.64. The summed E-state index contributed by atoms with van der Waals surface area (Å²) in [6, 6.07) is 0. The van der Waals surface area contributed by atoms with E-state index in [1.54, 1.807) is 0 Å². The molecule has 0 aromatic heterocycles. The van der Waals surface area contributed by atoms with Gasteiger partial charge in [0.05, 0.1) is 0 Å². The van der Waals surface area contributed by atoms with Crippen LogP contribution in [0, 0.1) is 5.92 Å². The summed E-state index contributed by atoms with van der Waals surface area (Å²) in [5.74, 6) is 0.822. The molecule has 18 heavy (non-hydrogen) atoms. The number of nitrogens with zero attached hydrogens (tertiary/aromatic N) is 1. The molecule has 0 bridgehead atoms. The second-order valence-corrected chi connectivity index (χ2v) is 5.76. The Bertz CT molecular complexity index is 223. The molecule has 1 fully saturated rings. The molecule has 3 heteroatoms. The minimum Gasteiger partial charge on any atom is -0.382 e. The zero-order valence-corrected chi connectivity index (χ0v) is 12.6. The van der Waals surface area contributed by atoms with Gasteiger partial charge in [-0.05, 0) is 38.6 Å². The maximum Gasteiger partial charge on any atom is 0.0478 e. The Balaban J connectivity index is 2.53. The number of ether oxygens (including phenoxy) is 1. The van der Waals surface area contributed by atoms with Crippen LogP contribution in [0.4, 0.5) is 0 Å². The molecule has 0 aliphatic heterocycles. The van der Waals surface area contributed by atoms with Gasteiger partial charge in [-0.15, -0.1) is 0 Å². The smallest absolute Gasteiger partial charge is 0.0478 e. The molecule has 0 saturated heterocycles. The molecule has 2 atom stereocenters. The fraction of sp³-hybridized carbons (Fsp3) is 1.00. The Labute approximate surface area is 113 Å². The average molecular weight is 256 g/mol. The first kappa shape index (κ1) is 15.9. The van der Waals surface area contributed by atoms with E-state index in [0.29, 0.717) is 0 Å². The lowest BCUT2D eigenvalue weighted by Gasteiger charge is -2.47. The SMILES string of the molecule is CCOCCCN(CC)C1(CN)CCCC(C)C1. The van der Waals surface area contributed by atoms with Crippen LogP contribution < -0.4 is 5.73 Å². The van der Waals surface area contributed by atoms with Crippen LogP contribution in [0.5, 0.6) is 0 Å². The third kappa shape index (κ3) is 4.22. The van der Waals surface area contributed by atoms with Crippen LogP contribution in [0.3, 0.4) is 0 Å². The van der Waals surface area contributed by atoms with Gasteiger partial charge in [-0.3, -0.25) is 4.90 Å². The maximum atomic E-state index is 6.13. The van der Waals surface area contributed by atoms with Crippen molar-refractivity contribution >= 4 is 0 Å².